The number of hydrogen-bond acceptors (Lipinski definition) is 3. The summed E-state index contributed by atoms with van der Waals surface area (Å²) in [5.41, 5.74) is 3.27. The zero-order valence-electron chi connectivity index (χ0n) is 18.8. The van der Waals surface area contributed by atoms with E-state index in [1.54, 1.807) is 23.1 Å². The van der Waals surface area contributed by atoms with Crippen molar-refractivity contribution in [1.29, 1.82) is 0 Å². The van der Waals surface area contributed by atoms with Crippen molar-refractivity contribution in [3.63, 3.8) is 0 Å². The second kappa shape index (κ2) is 10.9. The van der Waals surface area contributed by atoms with Crippen molar-refractivity contribution in [3.05, 3.63) is 124 Å². The van der Waals surface area contributed by atoms with Crippen LogP contribution in [-0.2, 0) is 17.8 Å². The zero-order valence-corrected chi connectivity index (χ0v) is 19.6. The van der Waals surface area contributed by atoms with E-state index in [-0.39, 0.29) is 36.6 Å². The van der Waals surface area contributed by atoms with Gasteiger partial charge in [0.15, 0.2) is 0 Å². The van der Waals surface area contributed by atoms with E-state index in [4.69, 9.17) is 0 Å². The fourth-order valence-corrected chi connectivity index (χ4v) is 4.40. The van der Waals surface area contributed by atoms with Gasteiger partial charge in [0.05, 0.1) is 23.9 Å². The highest BCUT2D eigenvalue weighted by Crippen LogP contribution is 2.23. The van der Waals surface area contributed by atoms with Crippen molar-refractivity contribution in [2.24, 2.45) is 0 Å². The number of hydrogen-bond donors (Lipinski definition) is 1. The van der Waals surface area contributed by atoms with Gasteiger partial charge in [0, 0.05) is 5.69 Å². The number of amides is 2. The molecule has 0 radical (unpaired) electrons. The fourth-order valence-electron chi connectivity index (χ4n) is 3.73. The summed E-state index contributed by atoms with van der Waals surface area (Å²) in [5, 5.41) is 4.87. The summed E-state index contributed by atoms with van der Waals surface area (Å²) in [4.78, 5) is 28.0. The standard InChI is InChI=1S/C28H25FN2O2S/c1-20(23-8-3-2-4-9-23)30-27(32)18-21-12-14-25(15-13-21)31(28(33)26-11-6-16-34-26)19-22-7-5-10-24(29)17-22/h2-17,20H,18-19H2,1H3,(H,30,32). The molecule has 0 aliphatic heterocycles. The van der Waals surface area contributed by atoms with Crippen LogP contribution >= 0.6 is 11.3 Å². The molecule has 1 heterocycles. The van der Waals surface area contributed by atoms with Gasteiger partial charge in [0.25, 0.3) is 5.91 Å². The molecule has 0 bridgehead atoms. The number of benzene rings is 3. The van der Waals surface area contributed by atoms with Gasteiger partial charge >= 0.3 is 0 Å². The van der Waals surface area contributed by atoms with Gasteiger partial charge in [-0.25, -0.2) is 4.39 Å². The smallest absolute Gasteiger partial charge is 0.268 e. The maximum absolute atomic E-state index is 13.7. The van der Waals surface area contributed by atoms with Gasteiger partial charge in [-0.1, -0.05) is 60.7 Å². The summed E-state index contributed by atoms with van der Waals surface area (Å²) in [6.45, 7) is 2.19. The maximum Gasteiger partial charge on any atom is 0.268 e. The molecule has 172 valence electrons. The molecule has 3 aromatic carbocycles. The quantitative estimate of drug-likeness (QED) is 0.334. The molecule has 0 saturated heterocycles. The number of anilines is 1. The Hall–Kier alpha value is -3.77. The highest BCUT2D eigenvalue weighted by molar-refractivity contribution is 7.12. The predicted octanol–water partition coefficient (Wildman–Crippen LogP) is 6.15. The van der Waals surface area contributed by atoms with E-state index in [0.29, 0.717) is 16.1 Å². The van der Waals surface area contributed by atoms with Crippen LogP contribution in [-0.4, -0.2) is 11.8 Å². The minimum absolute atomic E-state index is 0.0737. The van der Waals surface area contributed by atoms with E-state index in [1.165, 1.54) is 23.5 Å². The third-order valence-electron chi connectivity index (χ3n) is 5.50. The lowest BCUT2D eigenvalue weighted by Crippen LogP contribution is -2.30. The normalized spacial score (nSPS) is 11.6. The Bertz CT molecular complexity index is 1240. The average molecular weight is 473 g/mol. The minimum atomic E-state index is -0.341. The third kappa shape index (κ3) is 5.97. The molecular formula is C28H25FN2O2S. The molecule has 34 heavy (non-hydrogen) atoms. The second-order valence-electron chi connectivity index (χ2n) is 8.04. The first-order valence-corrected chi connectivity index (χ1v) is 11.9. The molecule has 4 nitrogen and oxygen atoms in total. The number of carbonyl (C=O) groups excluding carboxylic acids is 2. The Morgan fingerprint density at radius 2 is 1.68 bits per heavy atom. The van der Waals surface area contributed by atoms with Crippen molar-refractivity contribution in [1.82, 2.24) is 5.32 Å². The van der Waals surface area contributed by atoms with Crippen molar-refractivity contribution >= 4 is 28.8 Å². The lowest BCUT2D eigenvalue weighted by atomic mass is 10.1. The molecule has 2 amide bonds. The summed E-state index contributed by atoms with van der Waals surface area (Å²) < 4.78 is 13.7. The van der Waals surface area contributed by atoms with Crippen molar-refractivity contribution in [3.8, 4) is 0 Å². The molecule has 1 atom stereocenters. The van der Waals surface area contributed by atoms with Crippen molar-refractivity contribution in [2.45, 2.75) is 25.9 Å². The topological polar surface area (TPSA) is 49.4 Å². The van der Waals surface area contributed by atoms with Crippen LogP contribution in [0.25, 0.3) is 0 Å². The lowest BCUT2D eigenvalue weighted by molar-refractivity contribution is -0.121. The fraction of sp³-hybridized carbons (Fsp3) is 0.143. The molecule has 0 aliphatic rings. The van der Waals surface area contributed by atoms with Gasteiger partial charge in [-0.05, 0) is 59.3 Å². The van der Waals surface area contributed by atoms with Gasteiger partial charge in [-0.15, -0.1) is 11.3 Å². The molecule has 0 fully saturated rings. The Morgan fingerprint density at radius 1 is 0.912 bits per heavy atom. The SMILES string of the molecule is CC(NC(=O)Cc1ccc(N(Cc2cccc(F)c2)C(=O)c2cccs2)cc1)c1ccccc1. The summed E-state index contributed by atoms with van der Waals surface area (Å²) in [5.74, 6) is -0.566. The Kier molecular flexibility index (Phi) is 7.50. The molecule has 0 spiro atoms. The summed E-state index contributed by atoms with van der Waals surface area (Å²) in [7, 11) is 0. The van der Waals surface area contributed by atoms with Crippen LogP contribution in [0, 0.1) is 5.82 Å². The molecule has 4 rings (SSSR count). The molecule has 0 aliphatic carbocycles. The highest BCUT2D eigenvalue weighted by Gasteiger charge is 2.20. The number of nitrogens with zero attached hydrogens (tertiary/aromatic N) is 1. The average Bonchev–Trinajstić information content (AvgIpc) is 3.38. The molecule has 1 aromatic heterocycles. The van der Waals surface area contributed by atoms with Gasteiger partial charge in [0.2, 0.25) is 5.91 Å². The number of halogens is 1. The maximum atomic E-state index is 13.7. The van der Waals surface area contributed by atoms with Gasteiger partial charge in [-0.3, -0.25) is 9.59 Å². The van der Waals surface area contributed by atoms with Crippen LogP contribution in [0.2, 0.25) is 0 Å². The van der Waals surface area contributed by atoms with E-state index in [2.05, 4.69) is 5.32 Å². The van der Waals surface area contributed by atoms with E-state index in [1.807, 2.05) is 73.0 Å². The largest absolute Gasteiger partial charge is 0.349 e. The first-order valence-electron chi connectivity index (χ1n) is 11.0. The summed E-state index contributed by atoms with van der Waals surface area (Å²) in [6.07, 6.45) is 0.236. The molecule has 4 aromatic rings. The van der Waals surface area contributed by atoms with Crippen molar-refractivity contribution < 1.29 is 14.0 Å². The van der Waals surface area contributed by atoms with Gasteiger partial charge < -0.3 is 10.2 Å². The number of carbonyl (C=O) groups is 2. The van der Waals surface area contributed by atoms with E-state index >= 15 is 0 Å². The first kappa shape index (κ1) is 23.4. The van der Waals surface area contributed by atoms with Gasteiger partial charge in [0.1, 0.15) is 5.82 Å². The lowest BCUT2D eigenvalue weighted by Gasteiger charge is -2.23. The summed E-state index contributed by atoms with van der Waals surface area (Å²) in [6, 6.07) is 26.9. The van der Waals surface area contributed by atoms with Crippen LogP contribution in [0.3, 0.4) is 0 Å². The predicted molar refractivity (Wildman–Crippen MR) is 134 cm³/mol. The summed E-state index contributed by atoms with van der Waals surface area (Å²) >= 11 is 1.36. The van der Waals surface area contributed by atoms with E-state index in [9.17, 15) is 14.0 Å². The van der Waals surface area contributed by atoms with E-state index < -0.39 is 0 Å². The molecule has 1 N–H and O–H groups in total. The monoisotopic (exact) mass is 472 g/mol. The Labute approximate surface area is 202 Å². The van der Waals surface area contributed by atoms with E-state index in [0.717, 1.165) is 11.1 Å². The van der Waals surface area contributed by atoms with Crippen LogP contribution in [0.4, 0.5) is 10.1 Å². The first-order chi connectivity index (χ1) is 16.5. The molecule has 1 unspecified atom stereocenters. The minimum Gasteiger partial charge on any atom is -0.349 e. The second-order valence-corrected chi connectivity index (χ2v) is 8.99. The number of rotatable bonds is 8. The molecular weight excluding hydrogens is 447 g/mol. The van der Waals surface area contributed by atoms with Crippen molar-refractivity contribution in [2.75, 3.05) is 4.90 Å². The Balaban J connectivity index is 1.48. The molecule has 0 saturated carbocycles. The van der Waals surface area contributed by atoms with Crippen LogP contribution < -0.4 is 10.2 Å². The zero-order chi connectivity index (χ0) is 23.9. The van der Waals surface area contributed by atoms with Crippen LogP contribution in [0.1, 0.15) is 39.3 Å². The highest BCUT2D eigenvalue weighted by atomic mass is 32.1. The Morgan fingerprint density at radius 3 is 2.35 bits per heavy atom. The number of nitrogens with one attached hydrogen (secondary N) is 1. The number of thiophene rings is 1. The van der Waals surface area contributed by atoms with Crippen LogP contribution in [0.15, 0.2) is 96.4 Å². The molecule has 6 heteroatoms. The van der Waals surface area contributed by atoms with Crippen LogP contribution in [0.5, 0.6) is 0 Å². The van der Waals surface area contributed by atoms with Gasteiger partial charge in [-0.2, -0.15) is 0 Å². The third-order valence-corrected chi connectivity index (χ3v) is 6.35.